The van der Waals surface area contributed by atoms with E-state index in [4.69, 9.17) is 47.0 Å². The van der Waals surface area contributed by atoms with Crippen molar-refractivity contribution in [3.63, 3.8) is 0 Å². The summed E-state index contributed by atoms with van der Waals surface area (Å²) in [6.45, 7) is 3.11. The van der Waals surface area contributed by atoms with Crippen LogP contribution >= 0.6 is 0 Å². The van der Waals surface area contributed by atoms with Crippen LogP contribution in [0.2, 0.25) is 0 Å². The highest BCUT2D eigenvalue weighted by Crippen LogP contribution is 2.39. The van der Waals surface area contributed by atoms with Gasteiger partial charge in [0.05, 0.1) is 76.0 Å². The number of carboxylic acids is 1. The molecule has 109 heavy (non-hydrogen) atoms. The number of primary amides is 4. The number of nitrogens with zero attached hydrogens (tertiary/aromatic N) is 7. The van der Waals surface area contributed by atoms with Gasteiger partial charge in [-0.15, -0.1) is 0 Å². The van der Waals surface area contributed by atoms with Gasteiger partial charge >= 0.3 is 47.3 Å². The van der Waals surface area contributed by atoms with Gasteiger partial charge in [-0.1, -0.05) is 57.8 Å². The monoisotopic (exact) mass is 1510 g/mol. The standard InChI is InChI=1S/3C19H26N4O4.C10H19N.C9H9N3O5/c3*1-27-18-14(16(20)24)10-13(11-21-18)22-17(25)19(26)23-9-5-4-8-15(23)12-6-2-3-7-12;1-2-6-9(5-1)10-7-3-4-8-11-10;1-17-8-5(6(10)13)2-4(3-11-8)12-7(14)9(15)16/h3*10-12,15H,2-9H2,1H3,(H2,20,24)(H,22,25);9-11H,1-8H2;2-3H,1H3,(H2,10,13)(H,12,14)(H,15,16)/t2*15-;;;/m10.../s1. The first kappa shape index (κ1) is 84.0. The van der Waals surface area contributed by atoms with Gasteiger partial charge in [0.1, 0.15) is 22.3 Å². The number of pyridine rings is 4. The maximum absolute atomic E-state index is 12.8. The van der Waals surface area contributed by atoms with Gasteiger partial charge in [0.25, 0.3) is 23.6 Å². The third kappa shape index (κ3) is 23.5. The summed E-state index contributed by atoms with van der Waals surface area (Å²) < 4.78 is 19.7. The van der Waals surface area contributed by atoms with Crippen LogP contribution in [0.25, 0.3) is 0 Å². The molecule has 8 aliphatic rings. The van der Waals surface area contributed by atoms with Crippen LogP contribution in [0.3, 0.4) is 0 Å². The molecule has 4 saturated carbocycles. The summed E-state index contributed by atoms with van der Waals surface area (Å²) in [5.74, 6) is -6.88. The number of ether oxygens (including phenoxy) is 4. The van der Waals surface area contributed by atoms with E-state index in [-0.39, 0.29) is 86.6 Å². The van der Waals surface area contributed by atoms with Crippen molar-refractivity contribution in [3.8, 4) is 23.5 Å². The number of carbonyl (C=O) groups excluding carboxylic acids is 11. The van der Waals surface area contributed by atoms with E-state index in [1.165, 1.54) is 161 Å². The molecule has 592 valence electrons. The molecular formula is C76H106N16O17. The van der Waals surface area contributed by atoms with Gasteiger partial charge in [-0.05, 0) is 176 Å². The van der Waals surface area contributed by atoms with Crippen LogP contribution in [0, 0.1) is 23.7 Å². The number of amides is 11. The minimum absolute atomic E-state index is 0.00850. The zero-order valence-electron chi connectivity index (χ0n) is 62.8. The van der Waals surface area contributed by atoms with Crippen LogP contribution in [0.4, 0.5) is 22.7 Å². The summed E-state index contributed by atoms with van der Waals surface area (Å²) in [6.07, 6.45) is 38.3. The van der Waals surface area contributed by atoms with Crippen LogP contribution in [-0.2, 0) is 38.4 Å². The van der Waals surface area contributed by atoms with E-state index in [2.05, 4.69) is 41.2 Å². The number of aromatic nitrogens is 4. The summed E-state index contributed by atoms with van der Waals surface area (Å²) >= 11 is 0. The largest absolute Gasteiger partial charge is 0.480 e. The highest BCUT2D eigenvalue weighted by atomic mass is 16.5. The van der Waals surface area contributed by atoms with Gasteiger partial charge in [0.2, 0.25) is 23.5 Å². The SMILES string of the molecule is C1CCC(C2CCCC2)NC1.COc1ncc(NC(=O)C(=O)N2CCCCC2C2CCCC2)cc1C(N)=O.COc1ncc(NC(=O)C(=O)N2CCCC[C@@H]2C2CCCC2)cc1C(N)=O.COc1ncc(NC(=O)C(=O)N2CCCC[C@H]2C2CCCC2)cc1C(N)=O.COc1ncc(NC(=O)C(=O)O)cc1C(N)=O. The van der Waals surface area contributed by atoms with E-state index in [0.717, 1.165) is 114 Å². The molecule has 4 atom stereocenters. The predicted molar refractivity (Wildman–Crippen MR) is 401 cm³/mol. The van der Waals surface area contributed by atoms with Gasteiger partial charge in [-0.2, -0.15) is 0 Å². The lowest BCUT2D eigenvalue weighted by atomic mass is 9.89. The fourth-order valence-electron chi connectivity index (χ4n) is 16.3. The summed E-state index contributed by atoms with van der Waals surface area (Å²) in [5, 5.41) is 21.7. The second kappa shape index (κ2) is 41.7. The Morgan fingerprint density at radius 1 is 0.358 bits per heavy atom. The molecule has 33 heteroatoms. The van der Waals surface area contributed by atoms with Crippen molar-refractivity contribution in [3.05, 3.63) is 71.3 Å². The Morgan fingerprint density at radius 3 is 0.844 bits per heavy atom. The Morgan fingerprint density at radius 2 is 0.606 bits per heavy atom. The summed E-state index contributed by atoms with van der Waals surface area (Å²) in [6, 6.07) is 6.61. The lowest BCUT2D eigenvalue weighted by Gasteiger charge is -2.38. The number of rotatable bonds is 16. The quantitative estimate of drug-likeness (QED) is 0.0526. The lowest BCUT2D eigenvalue weighted by molar-refractivity contribution is -0.147. The molecule has 8 heterocycles. The molecule has 4 aromatic rings. The molecule has 8 fully saturated rings. The van der Waals surface area contributed by atoms with Gasteiger partial charge in [0, 0.05) is 43.8 Å². The molecule has 0 spiro atoms. The molecule has 4 saturated heterocycles. The van der Waals surface area contributed by atoms with Crippen molar-refractivity contribution in [2.24, 2.45) is 46.6 Å². The number of aliphatic carboxylic acids is 1. The number of hydrogen-bond acceptors (Lipinski definition) is 21. The fourth-order valence-corrected chi connectivity index (χ4v) is 16.3. The zero-order valence-corrected chi connectivity index (χ0v) is 62.8. The predicted octanol–water partition coefficient (Wildman–Crippen LogP) is 6.63. The Labute approximate surface area is 633 Å². The average molecular weight is 1520 g/mol. The average Bonchev–Trinajstić information content (AvgIpc) is 1.82. The normalized spacial score (nSPS) is 20.1. The molecule has 33 nitrogen and oxygen atoms in total. The van der Waals surface area contributed by atoms with Crippen LogP contribution in [-0.4, -0.2) is 189 Å². The van der Waals surface area contributed by atoms with Gasteiger partial charge in [-0.25, -0.2) is 24.7 Å². The Kier molecular flexibility index (Phi) is 32.1. The molecule has 2 unspecified atom stereocenters. The van der Waals surface area contributed by atoms with E-state index >= 15 is 0 Å². The number of nitrogens with one attached hydrogen (secondary N) is 5. The topological polar surface area (TPSA) is 487 Å². The maximum atomic E-state index is 12.8. The molecule has 4 aliphatic carbocycles. The molecule has 0 bridgehead atoms. The van der Waals surface area contributed by atoms with Gasteiger partial charge < -0.3 is 88.3 Å². The van der Waals surface area contributed by atoms with Crippen LogP contribution in [0.5, 0.6) is 23.5 Å². The number of likely N-dealkylation sites (tertiary alicyclic amines) is 3. The molecular weight excluding hydrogens is 1410 g/mol. The van der Waals surface area contributed by atoms with E-state index < -0.39 is 70.9 Å². The van der Waals surface area contributed by atoms with E-state index in [0.29, 0.717) is 37.4 Å². The zero-order chi connectivity index (χ0) is 78.7. The van der Waals surface area contributed by atoms with Crippen LogP contribution in [0.15, 0.2) is 49.1 Å². The third-order valence-corrected chi connectivity index (χ3v) is 21.6. The van der Waals surface area contributed by atoms with Crippen molar-refractivity contribution in [2.75, 3.05) is 75.9 Å². The van der Waals surface area contributed by atoms with Crippen molar-refractivity contribution in [2.45, 2.75) is 204 Å². The van der Waals surface area contributed by atoms with Crippen molar-refractivity contribution in [1.29, 1.82) is 0 Å². The van der Waals surface area contributed by atoms with Crippen molar-refractivity contribution < 1.29 is 81.6 Å². The van der Waals surface area contributed by atoms with Crippen molar-refractivity contribution in [1.82, 2.24) is 40.0 Å². The third-order valence-electron chi connectivity index (χ3n) is 21.6. The number of piperidine rings is 4. The molecule has 11 amide bonds. The first-order valence-corrected chi connectivity index (χ1v) is 37.9. The van der Waals surface area contributed by atoms with E-state index in [9.17, 15) is 57.5 Å². The summed E-state index contributed by atoms with van der Waals surface area (Å²) in [4.78, 5) is 163. The summed E-state index contributed by atoms with van der Waals surface area (Å²) in [7, 11) is 5.41. The van der Waals surface area contributed by atoms with Gasteiger partial charge in [-0.3, -0.25) is 52.7 Å². The van der Waals surface area contributed by atoms with E-state index in [1.807, 2.05) is 5.32 Å². The Balaban J connectivity index is 0.000000176. The molecule has 12 rings (SSSR count). The number of nitrogens with two attached hydrogens (primary N) is 4. The minimum atomic E-state index is -1.65. The number of methoxy groups -OCH3 is 4. The van der Waals surface area contributed by atoms with Crippen LogP contribution < -0.4 is 68.5 Å². The number of carbonyl (C=O) groups is 12. The summed E-state index contributed by atoms with van der Waals surface area (Å²) in [5.41, 5.74) is 21.8. The molecule has 0 aromatic carbocycles. The maximum Gasteiger partial charge on any atom is 0.394 e. The highest BCUT2D eigenvalue weighted by Gasteiger charge is 2.40. The van der Waals surface area contributed by atoms with Crippen molar-refractivity contribution >= 4 is 93.7 Å². The number of anilines is 4. The minimum Gasteiger partial charge on any atom is -0.480 e. The number of hydrogen-bond donors (Lipinski definition) is 10. The fraction of sp³-hybridized carbons (Fsp3) is 0.579. The Bertz CT molecular complexity index is 3580. The number of carboxylic acid groups (broad SMARTS) is 1. The molecule has 4 aromatic heterocycles. The molecule has 0 radical (unpaired) electrons. The second-order valence-corrected chi connectivity index (χ2v) is 28.6. The lowest BCUT2D eigenvalue weighted by Crippen LogP contribution is -2.50. The second-order valence-electron chi connectivity index (χ2n) is 28.6. The molecule has 4 aliphatic heterocycles. The van der Waals surface area contributed by atoms with E-state index in [1.54, 1.807) is 14.7 Å². The Hall–Kier alpha value is -10.6. The highest BCUT2D eigenvalue weighted by molar-refractivity contribution is 6.41. The smallest absolute Gasteiger partial charge is 0.394 e. The first-order chi connectivity index (χ1) is 52.4. The first-order valence-electron chi connectivity index (χ1n) is 37.9. The van der Waals surface area contributed by atoms with Gasteiger partial charge in [0.15, 0.2) is 0 Å². The van der Waals surface area contributed by atoms with Crippen LogP contribution in [0.1, 0.15) is 221 Å². The molecule has 14 N–H and O–H groups in total.